The molecular weight excluding hydrogens is 274 g/mol. The van der Waals surface area contributed by atoms with Gasteiger partial charge in [0, 0.05) is 18.7 Å². The molecule has 0 aliphatic carbocycles. The molecule has 1 aromatic rings. The third-order valence-electron chi connectivity index (χ3n) is 3.15. The van der Waals surface area contributed by atoms with E-state index in [9.17, 15) is 9.59 Å². The molecule has 2 rings (SSSR count). The fraction of sp³-hybridized carbons (Fsp3) is 0.467. The molecule has 0 saturated carbocycles. The second kappa shape index (κ2) is 7.45. The van der Waals surface area contributed by atoms with Crippen molar-refractivity contribution in [3.63, 3.8) is 0 Å². The summed E-state index contributed by atoms with van der Waals surface area (Å²) in [6.45, 7) is 3.86. The van der Waals surface area contributed by atoms with Crippen LogP contribution < -0.4 is 0 Å². The third kappa shape index (κ3) is 4.35. The number of rotatable bonds is 5. The van der Waals surface area contributed by atoms with Crippen molar-refractivity contribution < 1.29 is 14.3 Å². The quantitative estimate of drug-likeness (QED) is 0.777. The molecule has 0 spiro atoms. The Morgan fingerprint density at radius 1 is 1.30 bits per heavy atom. The Morgan fingerprint density at radius 2 is 2.05 bits per heavy atom. The maximum atomic E-state index is 12.0. The molecule has 1 amide bonds. The van der Waals surface area contributed by atoms with E-state index in [1.54, 1.807) is 12.1 Å². The minimum atomic E-state index is 0.0683. The molecule has 0 aromatic heterocycles. The predicted molar refractivity (Wildman–Crippen MR) is 80.1 cm³/mol. The fourth-order valence-electron chi connectivity index (χ4n) is 2.07. The van der Waals surface area contributed by atoms with Crippen molar-refractivity contribution in [3.05, 3.63) is 35.9 Å². The first-order valence-corrected chi connectivity index (χ1v) is 7.87. The van der Waals surface area contributed by atoms with Crippen LogP contribution in [0.2, 0.25) is 0 Å². The molecule has 5 heteroatoms. The summed E-state index contributed by atoms with van der Waals surface area (Å²) < 4.78 is 5.40. The minimum Gasteiger partial charge on any atom is -0.375 e. The van der Waals surface area contributed by atoms with Gasteiger partial charge in [-0.25, -0.2) is 0 Å². The SMILES string of the molecule is CC1CN(C(=O)CSCC(=O)c2ccccc2)CCO1. The molecule has 1 aliphatic heterocycles. The van der Waals surface area contributed by atoms with Crippen molar-refractivity contribution in [1.29, 1.82) is 0 Å². The first kappa shape index (κ1) is 15.1. The molecule has 1 unspecified atom stereocenters. The lowest BCUT2D eigenvalue weighted by atomic mass is 10.2. The summed E-state index contributed by atoms with van der Waals surface area (Å²) in [6.07, 6.45) is 0.101. The average molecular weight is 293 g/mol. The van der Waals surface area contributed by atoms with Crippen LogP contribution in [0, 0.1) is 0 Å². The predicted octanol–water partition coefficient (Wildman–Crippen LogP) is 1.85. The van der Waals surface area contributed by atoms with Crippen molar-refractivity contribution in [1.82, 2.24) is 4.90 Å². The summed E-state index contributed by atoms with van der Waals surface area (Å²) >= 11 is 1.38. The Hall–Kier alpha value is -1.33. The van der Waals surface area contributed by atoms with Gasteiger partial charge in [0.05, 0.1) is 24.2 Å². The number of hydrogen-bond donors (Lipinski definition) is 0. The monoisotopic (exact) mass is 293 g/mol. The van der Waals surface area contributed by atoms with Gasteiger partial charge in [0.2, 0.25) is 5.91 Å². The van der Waals surface area contributed by atoms with Crippen LogP contribution in [-0.2, 0) is 9.53 Å². The van der Waals surface area contributed by atoms with Crippen LogP contribution in [-0.4, -0.2) is 53.9 Å². The number of benzene rings is 1. The van der Waals surface area contributed by atoms with E-state index in [-0.39, 0.29) is 17.8 Å². The van der Waals surface area contributed by atoms with Crippen molar-refractivity contribution in [2.45, 2.75) is 13.0 Å². The smallest absolute Gasteiger partial charge is 0.232 e. The highest BCUT2D eigenvalue weighted by molar-refractivity contribution is 8.00. The largest absolute Gasteiger partial charge is 0.375 e. The fourth-order valence-corrected chi connectivity index (χ4v) is 2.89. The molecule has 108 valence electrons. The highest BCUT2D eigenvalue weighted by Gasteiger charge is 2.21. The van der Waals surface area contributed by atoms with Gasteiger partial charge >= 0.3 is 0 Å². The highest BCUT2D eigenvalue weighted by atomic mass is 32.2. The minimum absolute atomic E-state index is 0.0683. The van der Waals surface area contributed by atoms with Gasteiger partial charge in [-0.05, 0) is 6.92 Å². The molecule has 1 saturated heterocycles. The molecule has 1 fully saturated rings. The lowest BCUT2D eigenvalue weighted by molar-refractivity contribution is -0.135. The number of carbonyl (C=O) groups excluding carboxylic acids is 2. The van der Waals surface area contributed by atoms with Crippen molar-refractivity contribution in [2.24, 2.45) is 0 Å². The number of nitrogens with zero attached hydrogens (tertiary/aromatic N) is 1. The van der Waals surface area contributed by atoms with Crippen molar-refractivity contribution in [3.8, 4) is 0 Å². The van der Waals surface area contributed by atoms with E-state index in [0.29, 0.717) is 36.8 Å². The van der Waals surface area contributed by atoms with Gasteiger partial charge in [-0.3, -0.25) is 9.59 Å². The molecule has 0 radical (unpaired) electrons. The van der Waals surface area contributed by atoms with E-state index >= 15 is 0 Å². The highest BCUT2D eigenvalue weighted by Crippen LogP contribution is 2.10. The lowest BCUT2D eigenvalue weighted by Gasteiger charge is -2.31. The summed E-state index contributed by atoms with van der Waals surface area (Å²) in [5, 5.41) is 0. The molecule has 20 heavy (non-hydrogen) atoms. The number of ether oxygens (including phenoxy) is 1. The second-order valence-electron chi connectivity index (χ2n) is 4.80. The second-order valence-corrected chi connectivity index (χ2v) is 5.79. The molecule has 0 bridgehead atoms. The molecule has 1 atom stereocenters. The van der Waals surface area contributed by atoms with Gasteiger partial charge < -0.3 is 9.64 Å². The van der Waals surface area contributed by atoms with E-state index in [4.69, 9.17) is 4.74 Å². The Balaban J connectivity index is 1.73. The third-order valence-corrected chi connectivity index (χ3v) is 4.07. The molecule has 4 nitrogen and oxygen atoms in total. The summed E-state index contributed by atoms with van der Waals surface area (Å²) in [7, 11) is 0. The van der Waals surface area contributed by atoms with E-state index < -0.39 is 0 Å². The molecule has 0 N–H and O–H groups in total. The van der Waals surface area contributed by atoms with E-state index in [1.165, 1.54) is 11.8 Å². The molecule has 1 aromatic carbocycles. The topological polar surface area (TPSA) is 46.6 Å². The van der Waals surface area contributed by atoms with Crippen LogP contribution >= 0.6 is 11.8 Å². The first-order valence-electron chi connectivity index (χ1n) is 6.72. The number of amides is 1. The Morgan fingerprint density at radius 3 is 2.75 bits per heavy atom. The van der Waals surface area contributed by atoms with Crippen LogP contribution in [0.5, 0.6) is 0 Å². The van der Waals surface area contributed by atoms with Gasteiger partial charge in [0.15, 0.2) is 5.78 Å². The summed E-state index contributed by atoms with van der Waals surface area (Å²) in [5.41, 5.74) is 0.701. The van der Waals surface area contributed by atoms with Crippen LogP contribution in [0.3, 0.4) is 0 Å². The summed E-state index contributed by atoms with van der Waals surface area (Å²) in [6, 6.07) is 9.17. The van der Waals surface area contributed by atoms with Gasteiger partial charge in [0.1, 0.15) is 0 Å². The van der Waals surface area contributed by atoms with E-state index in [2.05, 4.69) is 0 Å². The van der Waals surface area contributed by atoms with Gasteiger partial charge in [-0.1, -0.05) is 30.3 Å². The lowest BCUT2D eigenvalue weighted by Crippen LogP contribution is -2.45. The van der Waals surface area contributed by atoms with Crippen LogP contribution in [0.15, 0.2) is 30.3 Å². The summed E-state index contributed by atoms with van der Waals surface area (Å²) in [4.78, 5) is 25.7. The first-order chi connectivity index (χ1) is 9.66. The maximum absolute atomic E-state index is 12.0. The number of Topliss-reactive ketones (excluding diaryl/α,β-unsaturated/α-hetero) is 1. The maximum Gasteiger partial charge on any atom is 0.232 e. The number of ketones is 1. The normalized spacial score (nSPS) is 18.9. The number of hydrogen-bond acceptors (Lipinski definition) is 4. The van der Waals surface area contributed by atoms with Crippen LogP contribution in [0.25, 0.3) is 0 Å². The van der Waals surface area contributed by atoms with Gasteiger partial charge in [-0.2, -0.15) is 0 Å². The zero-order valence-electron chi connectivity index (χ0n) is 11.6. The standard InChI is InChI=1S/C15H19NO3S/c1-12-9-16(7-8-19-12)15(18)11-20-10-14(17)13-5-3-2-4-6-13/h2-6,12H,7-11H2,1H3. The van der Waals surface area contributed by atoms with Crippen LogP contribution in [0.1, 0.15) is 17.3 Å². The number of thioether (sulfide) groups is 1. The molecular formula is C15H19NO3S. The number of morpholine rings is 1. The summed E-state index contributed by atoms with van der Waals surface area (Å²) in [5.74, 6) is 0.853. The van der Waals surface area contributed by atoms with Crippen molar-refractivity contribution >= 4 is 23.5 Å². The van der Waals surface area contributed by atoms with Crippen molar-refractivity contribution in [2.75, 3.05) is 31.2 Å². The molecule has 1 heterocycles. The van der Waals surface area contributed by atoms with E-state index in [0.717, 1.165) is 0 Å². The Kier molecular flexibility index (Phi) is 5.61. The zero-order chi connectivity index (χ0) is 14.4. The number of carbonyl (C=O) groups is 2. The van der Waals surface area contributed by atoms with E-state index in [1.807, 2.05) is 30.0 Å². The molecule has 1 aliphatic rings. The zero-order valence-corrected chi connectivity index (χ0v) is 12.4. The van der Waals surface area contributed by atoms with Crippen LogP contribution in [0.4, 0.5) is 0 Å². The average Bonchev–Trinajstić information content (AvgIpc) is 2.48. The Labute approximate surface area is 123 Å². The van der Waals surface area contributed by atoms with Gasteiger partial charge in [0.25, 0.3) is 0 Å². The van der Waals surface area contributed by atoms with Gasteiger partial charge in [-0.15, -0.1) is 11.8 Å². The Bertz CT molecular complexity index is 463.